The van der Waals surface area contributed by atoms with E-state index in [9.17, 15) is 19.5 Å². The second kappa shape index (κ2) is 7.29. The van der Waals surface area contributed by atoms with Crippen LogP contribution >= 0.6 is 0 Å². The normalized spacial score (nSPS) is 17.3. The minimum atomic E-state index is -1.06. The van der Waals surface area contributed by atoms with Crippen molar-refractivity contribution in [2.75, 3.05) is 0 Å². The van der Waals surface area contributed by atoms with Gasteiger partial charge in [-0.15, -0.1) is 0 Å². The Labute approximate surface area is 141 Å². The fourth-order valence-corrected chi connectivity index (χ4v) is 2.83. The van der Waals surface area contributed by atoms with Gasteiger partial charge in [0, 0.05) is 13.1 Å². The van der Waals surface area contributed by atoms with E-state index in [0.29, 0.717) is 0 Å². The Balaban J connectivity index is 2.21. The van der Waals surface area contributed by atoms with E-state index in [4.69, 9.17) is 0 Å². The van der Waals surface area contributed by atoms with Crippen LogP contribution in [0.1, 0.15) is 44.4 Å². The Morgan fingerprint density at radius 3 is 2.50 bits per heavy atom. The van der Waals surface area contributed by atoms with Crippen LogP contribution in [-0.4, -0.2) is 33.8 Å². The number of fused-ring (bicyclic) bond motifs is 1. The third-order valence-corrected chi connectivity index (χ3v) is 4.10. The number of carbonyl (C=O) groups excluding carboxylic acids is 2. The van der Waals surface area contributed by atoms with Gasteiger partial charge in [0.1, 0.15) is 6.04 Å². The molecular formula is C18H22N2O4. The van der Waals surface area contributed by atoms with Gasteiger partial charge < -0.3 is 15.3 Å². The predicted molar refractivity (Wildman–Crippen MR) is 89.8 cm³/mol. The van der Waals surface area contributed by atoms with Gasteiger partial charge in [-0.3, -0.25) is 9.59 Å². The van der Waals surface area contributed by atoms with E-state index in [2.05, 4.69) is 5.32 Å². The molecule has 128 valence electrons. The average Bonchev–Trinajstić information content (AvgIpc) is 2.52. The molecule has 1 unspecified atom stereocenters. The highest BCUT2D eigenvalue weighted by molar-refractivity contribution is 5.85. The van der Waals surface area contributed by atoms with Gasteiger partial charge in [0.25, 0.3) is 0 Å². The van der Waals surface area contributed by atoms with Gasteiger partial charge in [-0.1, -0.05) is 38.1 Å². The molecule has 0 fully saturated rings. The Morgan fingerprint density at radius 2 is 1.92 bits per heavy atom. The summed E-state index contributed by atoms with van der Waals surface area (Å²) in [5, 5.41) is 11.8. The number of hydrogen-bond acceptors (Lipinski definition) is 3. The molecule has 1 aromatic rings. The van der Waals surface area contributed by atoms with Crippen LogP contribution in [0.5, 0.6) is 0 Å². The first kappa shape index (κ1) is 17.7. The summed E-state index contributed by atoms with van der Waals surface area (Å²) in [6.07, 6.45) is 3.51. The maximum Gasteiger partial charge on any atom is 0.326 e. The van der Waals surface area contributed by atoms with Crippen molar-refractivity contribution in [3.8, 4) is 0 Å². The number of carbonyl (C=O) groups is 3. The molecular weight excluding hydrogens is 308 g/mol. The number of benzene rings is 1. The number of rotatable bonds is 5. The number of carboxylic acid groups (broad SMARTS) is 1. The molecule has 1 heterocycles. The van der Waals surface area contributed by atoms with Gasteiger partial charge >= 0.3 is 5.97 Å². The first-order valence-electron chi connectivity index (χ1n) is 7.89. The Kier molecular flexibility index (Phi) is 5.39. The standard InChI is InChI=1S/C18H22N2O4/c1-11(2)17(18(23)24)19-16(22)10-15-14-7-5-4-6-13(14)8-9-20(15)12(3)21/h4-9,11,15,17H,10H2,1-3H3,(H,19,22)(H,23,24)/t15?,17-/m1/s1. The zero-order valence-electron chi connectivity index (χ0n) is 14.0. The lowest BCUT2D eigenvalue weighted by molar-refractivity contribution is -0.143. The number of aliphatic carboxylic acids is 1. The highest BCUT2D eigenvalue weighted by atomic mass is 16.4. The smallest absolute Gasteiger partial charge is 0.326 e. The second-order valence-electron chi connectivity index (χ2n) is 6.22. The summed E-state index contributed by atoms with van der Waals surface area (Å²) in [5.74, 6) is -1.85. The second-order valence-corrected chi connectivity index (χ2v) is 6.22. The van der Waals surface area contributed by atoms with Crippen molar-refractivity contribution in [3.05, 3.63) is 41.6 Å². The quantitative estimate of drug-likeness (QED) is 0.866. The van der Waals surface area contributed by atoms with Crippen LogP contribution in [0, 0.1) is 5.92 Å². The van der Waals surface area contributed by atoms with E-state index in [0.717, 1.165) is 11.1 Å². The van der Waals surface area contributed by atoms with Crippen molar-refractivity contribution < 1.29 is 19.5 Å². The van der Waals surface area contributed by atoms with E-state index >= 15 is 0 Å². The molecule has 0 saturated carbocycles. The lowest BCUT2D eigenvalue weighted by Gasteiger charge is -2.32. The van der Waals surface area contributed by atoms with Crippen LogP contribution in [-0.2, 0) is 14.4 Å². The largest absolute Gasteiger partial charge is 0.480 e. The molecule has 1 aliphatic heterocycles. The van der Waals surface area contributed by atoms with Crippen molar-refractivity contribution in [1.82, 2.24) is 10.2 Å². The topological polar surface area (TPSA) is 86.7 Å². The molecule has 2 N–H and O–H groups in total. The van der Waals surface area contributed by atoms with Crippen LogP contribution in [0.3, 0.4) is 0 Å². The number of nitrogens with zero attached hydrogens (tertiary/aromatic N) is 1. The number of hydrogen-bond donors (Lipinski definition) is 2. The predicted octanol–water partition coefficient (Wildman–Crippen LogP) is 2.18. The maximum absolute atomic E-state index is 12.4. The van der Waals surface area contributed by atoms with E-state index in [1.54, 1.807) is 20.0 Å². The average molecular weight is 330 g/mol. The van der Waals surface area contributed by atoms with E-state index < -0.39 is 24.0 Å². The highest BCUT2D eigenvalue weighted by Gasteiger charge is 2.30. The molecule has 6 nitrogen and oxygen atoms in total. The van der Waals surface area contributed by atoms with Crippen LogP contribution in [0.2, 0.25) is 0 Å². The molecule has 0 aliphatic carbocycles. The van der Waals surface area contributed by atoms with Gasteiger partial charge in [0.2, 0.25) is 11.8 Å². The lowest BCUT2D eigenvalue weighted by Crippen LogP contribution is -2.45. The van der Waals surface area contributed by atoms with Gasteiger partial charge in [-0.25, -0.2) is 4.79 Å². The third kappa shape index (κ3) is 3.82. The van der Waals surface area contributed by atoms with Crippen LogP contribution in [0.15, 0.2) is 30.5 Å². The van der Waals surface area contributed by atoms with Crippen molar-refractivity contribution in [2.24, 2.45) is 5.92 Å². The molecule has 6 heteroatoms. The SMILES string of the molecule is CC(=O)N1C=Cc2ccccc2C1CC(=O)N[C@@H](C(=O)O)C(C)C. The molecule has 24 heavy (non-hydrogen) atoms. The molecule has 2 rings (SSSR count). The molecule has 2 atom stereocenters. The zero-order chi connectivity index (χ0) is 17.9. The molecule has 0 saturated heterocycles. The Morgan fingerprint density at radius 1 is 1.25 bits per heavy atom. The highest BCUT2D eigenvalue weighted by Crippen LogP contribution is 2.32. The third-order valence-electron chi connectivity index (χ3n) is 4.10. The van der Waals surface area contributed by atoms with Crippen molar-refractivity contribution in [1.29, 1.82) is 0 Å². The minimum absolute atomic E-state index is 0.0113. The molecule has 0 radical (unpaired) electrons. The van der Waals surface area contributed by atoms with Crippen LogP contribution in [0.4, 0.5) is 0 Å². The lowest BCUT2D eigenvalue weighted by atomic mass is 9.93. The summed E-state index contributed by atoms with van der Waals surface area (Å²) < 4.78 is 0. The fraction of sp³-hybridized carbons (Fsp3) is 0.389. The van der Waals surface area contributed by atoms with Crippen LogP contribution in [0.25, 0.3) is 6.08 Å². The molecule has 0 spiro atoms. The summed E-state index contributed by atoms with van der Waals surface area (Å²) >= 11 is 0. The van der Waals surface area contributed by atoms with Gasteiger partial charge in [0.15, 0.2) is 0 Å². The molecule has 1 aromatic carbocycles. The summed E-state index contributed by atoms with van der Waals surface area (Å²) in [6, 6.07) is 6.16. The summed E-state index contributed by atoms with van der Waals surface area (Å²) in [7, 11) is 0. The van der Waals surface area contributed by atoms with E-state index in [1.807, 2.05) is 30.3 Å². The Bertz CT molecular complexity index is 681. The zero-order valence-corrected chi connectivity index (χ0v) is 14.0. The molecule has 0 bridgehead atoms. The first-order valence-corrected chi connectivity index (χ1v) is 7.89. The number of carboxylic acids is 1. The van der Waals surface area contributed by atoms with Crippen molar-refractivity contribution >= 4 is 23.9 Å². The van der Waals surface area contributed by atoms with E-state index in [-0.39, 0.29) is 18.2 Å². The van der Waals surface area contributed by atoms with Gasteiger partial charge in [-0.05, 0) is 23.1 Å². The summed E-state index contributed by atoms with van der Waals surface area (Å²) in [4.78, 5) is 37.0. The van der Waals surface area contributed by atoms with Crippen molar-refractivity contribution in [2.45, 2.75) is 39.3 Å². The summed E-state index contributed by atoms with van der Waals surface area (Å²) in [6.45, 7) is 4.91. The summed E-state index contributed by atoms with van der Waals surface area (Å²) in [5.41, 5.74) is 1.83. The molecule has 0 aromatic heterocycles. The monoisotopic (exact) mass is 330 g/mol. The minimum Gasteiger partial charge on any atom is -0.480 e. The number of amides is 2. The van der Waals surface area contributed by atoms with E-state index in [1.165, 1.54) is 11.8 Å². The van der Waals surface area contributed by atoms with Gasteiger partial charge in [-0.2, -0.15) is 0 Å². The Hall–Kier alpha value is -2.63. The first-order chi connectivity index (χ1) is 11.3. The van der Waals surface area contributed by atoms with Crippen molar-refractivity contribution in [3.63, 3.8) is 0 Å². The van der Waals surface area contributed by atoms with Gasteiger partial charge in [0.05, 0.1) is 12.5 Å². The number of nitrogens with one attached hydrogen (secondary N) is 1. The molecule has 2 amide bonds. The maximum atomic E-state index is 12.4. The fourth-order valence-electron chi connectivity index (χ4n) is 2.83. The molecule has 1 aliphatic rings. The van der Waals surface area contributed by atoms with Crippen LogP contribution < -0.4 is 5.32 Å².